The first-order valence-electron chi connectivity index (χ1n) is 4.72. The Morgan fingerprint density at radius 3 is 2.44 bits per heavy atom. The Bertz CT molecular complexity index is 537. The molecule has 0 N–H and O–H groups in total. The first-order chi connectivity index (χ1) is 7.32. The van der Waals surface area contributed by atoms with Gasteiger partial charge in [0.1, 0.15) is 4.90 Å². The normalized spacial score (nSPS) is 11.8. The Hall–Kier alpha value is -1.32. The summed E-state index contributed by atoms with van der Waals surface area (Å²) in [5.74, 6) is 2.31. The standard InChI is InChI=1S/C10H15N3O2S/c1-6-7-12(4)16(14,15)10-8(2)11-13(5)9(10)3/h1H,7H2,2-5H3. The third kappa shape index (κ3) is 1.96. The minimum atomic E-state index is -3.53. The van der Waals surface area contributed by atoms with Crippen LogP contribution < -0.4 is 0 Å². The molecule has 1 aromatic rings. The van der Waals surface area contributed by atoms with Gasteiger partial charge in [-0.3, -0.25) is 4.68 Å². The Morgan fingerprint density at radius 2 is 2.06 bits per heavy atom. The van der Waals surface area contributed by atoms with Gasteiger partial charge in [0.15, 0.2) is 0 Å². The maximum Gasteiger partial charge on any atom is 0.247 e. The highest BCUT2D eigenvalue weighted by Crippen LogP contribution is 2.21. The predicted molar refractivity (Wildman–Crippen MR) is 61.3 cm³/mol. The van der Waals surface area contributed by atoms with E-state index in [2.05, 4.69) is 11.0 Å². The van der Waals surface area contributed by atoms with Crippen molar-refractivity contribution in [1.29, 1.82) is 0 Å². The van der Waals surface area contributed by atoms with E-state index in [9.17, 15) is 8.42 Å². The average Bonchev–Trinajstić information content (AvgIpc) is 2.41. The van der Waals surface area contributed by atoms with E-state index in [1.165, 1.54) is 7.05 Å². The van der Waals surface area contributed by atoms with E-state index in [1.807, 2.05) is 0 Å². The molecule has 0 radical (unpaired) electrons. The lowest BCUT2D eigenvalue weighted by atomic mass is 10.4. The lowest BCUT2D eigenvalue weighted by Crippen LogP contribution is -2.28. The van der Waals surface area contributed by atoms with Crippen LogP contribution in [0.4, 0.5) is 0 Å². The van der Waals surface area contributed by atoms with Crippen LogP contribution in [0, 0.1) is 26.2 Å². The smallest absolute Gasteiger partial charge is 0.247 e. The first-order valence-corrected chi connectivity index (χ1v) is 6.16. The Balaban J connectivity index is 3.34. The number of rotatable bonds is 3. The van der Waals surface area contributed by atoms with E-state index in [0.29, 0.717) is 11.4 Å². The second-order valence-corrected chi connectivity index (χ2v) is 5.57. The molecule has 0 atom stereocenters. The first kappa shape index (κ1) is 12.7. The molecule has 0 fully saturated rings. The Kier molecular flexibility index (Phi) is 3.41. The summed E-state index contributed by atoms with van der Waals surface area (Å²) >= 11 is 0. The lowest BCUT2D eigenvalue weighted by Gasteiger charge is -2.14. The molecule has 0 saturated carbocycles. The van der Waals surface area contributed by atoms with Gasteiger partial charge in [-0.05, 0) is 13.8 Å². The topological polar surface area (TPSA) is 55.2 Å². The molecule has 0 aliphatic carbocycles. The fraction of sp³-hybridized carbons (Fsp3) is 0.500. The monoisotopic (exact) mass is 241 g/mol. The van der Waals surface area contributed by atoms with Crippen molar-refractivity contribution in [1.82, 2.24) is 14.1 Å². The largest absolute Gasteiger partial charge is 0.271 e. The fourth-order valence-corrected chi connectivity index (χ4v) is 2.97. The zero-order valence-electron chi connectivity index (χ0n) is 9.85. The average molecular weight is 241 g/mol. The van der Waals surface area contributed by atoms with Crippen molar-refractivity contribution in [2.45, 2.75) is 18.7 Å². The fourth-order valence-electron chi connectivity index (χ4n) is 1.50. The third-order valence-corrected chi connectivity index (χ3v) is 4.48. The number of aryl methyl sites for hydroxylation is 2. The molecule has 0 spiro atoms. The van der Waals surface area contributed by atoms with E-state index in [0.717, 1.165) is 4.31 Å². The quantitative estimate of drug-likeness (QED) is 0.715. The molecule has 5 nitrogen and oxygen atoms in total. The van der Waals surface area contributed by atoms with Crippen LogP contribution >= 0.6 is 0 Å². The molecule has 1 rings (SSSR count). The molecule has 1 aromatic heterocycles. The SMILES string of the molecule is C#CCN(C)S(=O)(=O)c1c(C)nn(C)c1C. The molecule has 0 saturated heterocycles. The van der Waals surface area contributed by atoms with E-state index >= 15 is 0 Å². The van der Waals surface area contributed by atoms with E-state index in [4.69, 9.17) is 6.42 Å². The van der Waals surface area contributed by atoms with Crippen molar-refractivity contribution in [3.8, 4) is 12.3 Å². The molecule has 16 heavy (non-hydrogen) atoms. The van der Waals surface area contributed by atoms with Crippen molar-refractivity contribution >= 4 is 10.0 Å². The van der Waals surface area contributed by atoms with Crippen molar-refractivity contribution in [3.63, 3.8) is 0 Å². The zero-order valence-corrected chi connectivity index (χ0v) is 10.7. The molecule has 0 aliphatic heterocycles. The second kappa shape index (κ2) is 4.28. The molecule has 0 unspecified atom stereocenters. The Morgan fingerprint density at radius 1 is 1.50 bits per heavy atom. The van der Waals surface area contributed by atoms with Crippen molar-refractivity contribution < 1.29 is 8.42 Å². The lowest BCUT2D eigenvalue weighted by molar-refractivity contribution is 0.501. The van der Waals surface area contributed by atoms with Gasteiger partial charge in [-0.1, -0.05) is 5.92 Å². The predicted octanol–water partition coefficient (Wildman–Crippen LogP) is 0.291. The summed E-state index contributed by atoms with van der Waals surface area (Å²) in [6, 6.07) is 0. The molecule has 0 amide bonds. The molecule has 1 heterocycles. The summed E-state index contributed by atoms with van der Waals surface area (Å²) in [6.45, 7) is 3.44. The molecular weight excluding hydrogens is 226 g/mol. The summed E-state index contributed by atoms with van der Waals surface area (Å²) in [7, 11) is -0.364. The van der Waals surface area contributed by atoms with Gasteiger partial charge >= 0.3 is 0 Å². The van der Waals surface area contributed by atoms with Gasteiger partial charge in [0.25, 0.3) is 0 Å². The van der Waals surface area contributed by atoms with Crippen molar-refractivity contribution in [3.05, 3.63) is 11.4 Å². The molecule has 0 aromatic carbocycles. The minimum absolute atomic E-state index is 0.0517. The molecule has 0 bridgehead atoms. The van der Waals surface area contributed by atoms with Crippen molar-refractivity contribution in [2.75, 3.05) is 13.6 Å². The van der Waals surface area contributed by atoms with E-state index < -0.39 is 10.0 Å². The van der Waals surface area contributed by atoms with Crippen LogP contribution in [0.3, 0.4) is 0 Å². The molecule has 88 valence electrons. The highest BCUT2D eigenvalue weighted by Gasteiger charge is 2.27. The maximum atomic E-state index is 12.2. The van der Waals surface area contributed by atoms with Crippen molar-refractivity contribution in [2.24, 2.45) is 7.05 Å². The van der Waals surface area contributed by atoms with E-state index in [1.54, 1.807) is 25.6 Å². The third-order valence-electron chi connectivity index (χ3n) is 2.42. The van der Waals surface area contributed by atoms with Gasteiger partial charge in [0.05, 0.1) is 17.9 Å². The van der Waals surface area contributed by atoms with Gasteiger partial charge in [0.2, 0.25) is 10.0 Å². The minimum Gasteiger partial charge on any atom is -0.271 e. The number of nitrogens with zero attached hydrogens (tertiary/aromatic N) is 3. The van der Waals surface area contributed by atoms with Crippen LogP contribution in [0.1, 0.15) is 11.4 Å². The van der Waals surface area contributed by atoms with Crippen LogP contribution in [-0.2, 0) is 17.1 Å². The second-order valence-electron chi connectivity index (χ2n) is 3.59. The van der Waals surface area contributed by atoms with Crippen LogP contribution in [0.15, 0.2) is 4.90 Å². The van der Waals surface area contributed by atoms with Crippen LogP contribution in [0.5, 0.6) is 0 Å². The van der Waals surface area contributed by atoms with E-state index in [-0.39, 0.29) is 11.4 Å². The molecule has 6 heteroatoms. The van der Waals surface area contributed by atoms with Crippen LogP contribution in [-0.4, -0.2) is 36.1 Å². The van der Waals surface area contributed by atoms with Gasteiger partial charge in [-0.15, -0.1) is 6.42 Å². The number of terminal acetylenes is 1. The van der Waals surface area contributed by atoms with Crippen LogP contribution in [0.2, 0.25) is 0 Å². The summed E-state index contributed by atoms with van der Waals surface area (Å²) in [4.78, 5) is 0.243. The highest BCUT2D eigenvalue weighted by atomic mass is 32.2. The van der Waals surface area contributed by atoms with Gasteiger partial charge in [0, 0.05) is 14.1 Å². The number of aromatic nitrogens is 2. The number of hydrogen-bond donors (Lipinski definition) is 0. The summed E-state index contributed by atoms with van der Waals surface area (Å²) < 4.78 is 27.0. The highest BCUT2D eigenvalue weighted by molar-refractivity contribution is 7.89. The van der Waals surface area contributed by atoms with Gasteiger partial charge in [-0.25, -0.2) is 8.42 Å². The number of hydrogen-bond acceptors (Lipinski definition) is 3. The number of sulfonamides is 1. The molecular formula is C10H15N3O2S. The molecule has 0 aliphatic rings. The Labute approximate surface area is 96.1 Å². The van der Waals surface area contributed by atoms with Gasteiger partial charge < -0.3 is 0 Å². The zero-order chi connectivity index (χ0) is 12.5. The summed E-state index contributed by atoms with van der Waals surface area (Å²) in [5.41, 5.74) is 1.10. The van der Waals surface area contributed by atoms with Gasteiger partial charge in [-0.2, -0.15) is 9.40 Å². The summed E-state index contributed by atoms with van der Waals surface area (Å²) in [5, 5.41) is 4.08. The van der Waals surface area contributed by atoms with Crippen LogP contribution in [0.25, 0.3) is 0 Å². The summed E-state index contributed by atoms with van der Waals surface area (Å²) in [6.07, 6.45) is 5.11. The maximum absolute atomic E-state index is 12.2.